The second-order valence-corrected chi connectivity index (χ2v) is 7.34. The number of carbonyl (C=O) groups is 2. The summed E-state index contributed by atoms with van der Waals surface area (Å²) in [5.74, 6) is 0.919. The van der Waals surface area contributed by atoms with Gasteiger partial charge in [0.05, 0.1) is 6.61 Å². The van der Waals surface area contributed by atoms with Gasteiger partial charge in [0, 0.05) is 19.1 Å². The van der Waals surface area contributed by atoms with Gasteiger partial charge in [-0.3, -0.25) is 9.59 Å². The number of carbonyl (C=O) groups excluding carboxylic acids is 2. The van der Waals surface area contributed by atoms with Crippen LogP contribution in [-0.2, 0) is 14.3 Å². The molecule has 2 amide bonds. The second kappa shape index (κ2) is 5.27. The van der Waals surface area contributed by atoms with Crippen molar-refractivity contribution in [1.82, 2.24) is 10.2 Å². The Labute approximate surface area is 126 Å². The average molecular weight is 294 g/mol. The molecular weight excluding hydrogens is 268 g/mol. The van der Waals surface area contributed by atoms with Crippen LogP contribution in [-0.4, -0.2) is 48.1 Å². The lowest BCUT2D eigenvalue weighted by molar-refractivity contribution is -0.158. The molecule has 2 heterocycles. The van der Waals surface area contributed by atoms with E-state index in [1.807, 2.05) is 25.7 Å². The SMILES string of the molecule is CC(C)C1C(=O)NC(C)(C2CC2)C(=O)N1CC1CCOC1. The zero-order valence-corrected chi connectivity index (χ0v) is 13.2. The van der Waals surface area contributed by atoms with Gasteiger partial charge in [-0.25, -0.2) is 0 Å². The van der Waals surface area contributed by atoms with Crippen molar-refractivity contribution in [3.8, 4) is 0 Å². The lowest BCUT2D eigenvalue weighted by atomic mass is 9.86. The Hall–Kier alpha value is -1.10. The minimum atomic E-state index is -0.693. The fraction of sp³-hybridized carbons (Fsp3) is 0.875. The topological polar surface area (TPSA) is 58.6 Å². The van der Waals surface area contributed by atoms with Crippen molar-refractivity contribution in [3.05, 3.63) is 0 Å². The van der Waals surface area contributed by atoms with E-state index in [9.17, 15) is 9.59 Å². The van der Waals surface area contributed by atoms with Gasteiger partial charge < -0.3 is 15.0 Å². The molecule has 5 nitrogen and oxygen atoms in total. The molecule has 3 rings (SSSR count). The Kier molecular flexibility index (Phi) is 3.72. The van der Waals surface area contributed by atoms with Crippen LogP contribution in [0.3, 0.4) is 0 Å². The lowest BCUT2D eigenvalue weighted by Crippen LogP contribution is -2.71. The monoisotopic (exact) mass is 294 g/mol. The molecule has 1 N–H and O–H groups in total. The molecule has 0 aromatic rings. The first-order valence-corrected chi connectivity index (χ1v) is 8.14. The van der Waals surface area contributed by atoms with E-state index in [4.69, 9.17) is 4.74 Å². The summed E-state index contributed by atoms with van der Waals surface area (Å²) >= 11 is 0. The van der Waals surface area contributed by atoms with Crippen LogP contribution >= 0.6 is 0 Å². The van der Waals surface area contributed by atoms with Gasteiger partial charge in [-0.15, -0.1) is 0 Å². The van der Waals surface area contributed by atoms with E-state index in [0.29, 0.717) is 25.0 Å². The number of hydrogen-bond donors (Lipinski definition) is 1. The first kappa shape index (κ1) is 14.8. The highest BCUT2D eigenvalue weighted by Crippen LogP contribution is 2.43. The van der Waals surface area contributed by atoms with Gasteiger partial charge in [0.1, 0.15) is 11.6 Å². The van der Waals surface area contributed by atoms with E-state index in [0.717, 1.165) is 25.9 Å². The van der Waals surface area contributed by atoms with Gasteiger partial charge in [-0.05, 0) is 38.0 Å². The highest BCUT2D eigenvalue weighted by atomic mass is 16.5. The van der Waals surface area contributed by atoms with Crippen LogP contribution < -0.4 is 5.32 Å². The van der Waals surface area contributed by atoms with Crippen molar-refractivity contribution >= 4 is 11.8 Å². The third-order valence-corrected chi connectivity index (χ3v) is 5.20. The Morgan fingerprint density at radius 2 is 2.05 bits per heavy atom. The summed E-state index contributed by atoms with van der Waals surface area (Å²) in [5, 5.41) is 3.03. The number of rotatable bonds is 4. The first-order valence-electron chi connectivity index (χ1n) is 8.14. The first-order chi connectivity index (χ1) is 9.93. The Morgan fingerprint density at radius 1 is 1.33 bits per heavy atom. The van der Waals surface area contributed by atoms with Crippen LogP contribution in [0, 0.1) is 17.8 Å². The molecule has 3 atom stereocenters. The van der Waals surface area contributed by atoms with Crippen molar-refractivity contribution in [2.75, 3.05) is 19.8 Å². The van der Waals surface area contributed by atoms with E-state index in [1.165, 1.54) is 0 Å². The van der Waals surface area contributed by atoms with Gasteiger partial charge in [0.2, 0.25) is 11.8 Å². The number of nitrogens with zero attached hydrogens (tertiary/aromatic N) is 1. The molecule has 21 heavy (non-hydrogen) atoms. The Balaban J connectivity index is 1.85. The van der Waals surface area contributed by atoms with Gasteiger partial charge in [0.15, 0.2) is 0 Å². The van der Waals surface area contributed by atoms with Crippen LogP contribution in [0.4, 0.5) is 0 Å². The molecule has 118 valence electrons. The standard InChI is InChI=1S/C16H26N2O3/c1-10(2)13-14(19)17-16(3,12-4-5-12)15(20)18(13)8-11-6-7-21-9-11/h10-13H,4-9H2,1-3H3,(H,17,19). The van der Waals surface area contributed by atoms with Crippen LogP contribution in [0.5, 0.6) is 0 Å². The van der Waals surface area contributed by atoms with Crippen LogP contribution in [0.1, 0.15) is 40.0 Å². The van der Waals surface area contributed by atoms with E-state index in [-0.39, 0.29) is 23.8 Å². The van der Waals surface area contributed by atoms with Gasteiger partial charge >= 0.3 is 0 Å². The predicted molar refractivity (Wildman–Crippen MR) is 78.5 cm³/mol. The number of amides is 2. The summed E-state index contributed by atoms with van der Waals surface area (Å²) in [6.45, 7) is 8.05. The molecule has 0 radical (unpaired) electrons. The van der Waals surface area contributed by atoms with E-state index in [1.54, 1.807) is 0 Å². The molecule has 1 saturated carbocycles. The number of piperazine rings is 1. The van der Waals surface area contributed by atoms with Gasteiger partial charge in [-0.2, -0.15) is 0 Å². The molecule has 0 bridgehead atoms. The van der Waals surface area contributed by atoms with Gasteiger partial charge in [0.25, 0.3) is 0 Å². The third kappa shape index (κ3) is 2.56. The second-order valence-electron chi connectivity index (χ2n) is 7.34. The molecule has 3 unspecified atom stereocenters. The van der Waals surface area contributed by atoms with E-state index < -0.39 is 5.54 Å². The fourth-order valence-corrected chi connectivity index (χ4v) is 3.75. The Bertz CT molecular complexity index is 441. The molecule has 2 aliphatic heterocycles. The largest absolute Gasteiger partial charge is 0.381 e. The minimum absolute atomic E-state index is 0.0120. The molecular formula is C16H26N2O3. The summed E-state index contributed by atoms with van der Waals surface area (Å²) in [5.41, 5.74) is -0.693. The Morgan fingerprint density at radius 3 is 2.57 bits per heavy atom. The molecule has 3 fully saturated rings. The zero-order chi connectivity index (χ0) is 15.2. The van der Waals surface area contributed by atoms with Gasteiger partial charge in [-0.1, -0.05) is 13.8 Å². The minimum Gasteiger partial charge on any atom is -0.381 e. The van der Waals surface area contributed by atoms with Crippen LogP contribution in [0.2, 0.25) is 0 Å². The summed E-state index contributed by atoms with van der Waals surface area (Å²) < 4.78 is 5.43. The lowest BCUT2D eigenvalue weighted by Gasteiger charge is -2.46. The van der Waals surface area contributed by atoms with Crippen molar-refractivity contribution < 1.29 is 14.3 Å². The van der Waals surface area contributed by atoms with Crippen LogP contribution in [0.25, 0.3) is 0 Å². The average Bonchev–Trinajstić information content (AvgIpc) is 3.15. The summed E-state index contributed by atoms with van der Waals surface area (Å²) in [6.07, 6.45) is 3.06. The highest BCUT2D eigenvalue weighted by molar-refractivity contribution is 6.00. The molecule has 0 aromatic carbocycles. The van der Waals surface area contributed by atoms with E-state index >= 15 is 0 Å². The number of nitrogens with one attached hydrogen (secondary N) is 1. The van der Waals surface area contributed by atoms with Crippen molar-refractivity contribution in [3.63, 3.8) is 0 Å². The number of ether oxygens (including phenoxy) is 1. The maximum atomic E-state index is 13.0. The molecule has 3 aliphatic rings. The molecule has 2 saturated heterocycles. The van der Waals surface area contributed by atoms with E-state index in [2.05, 4.69) is 5.32 Å². The quantitative estimate of drug-likeness (QED) is 0.847. The van der Waals surface area contributed by atoms with Crippen molar-refractivity contribution in [1.29, 1.82) is 0 Å². The molecule has 5 heteroatoms. The fourth-order valence-electron chi connectivity index (χ4n) is 3.75. The number of hydrogen-bond acceptors (Lipinski definition) is 3. The van der Waals surface area contributed by atoms with Crippen molar-refractivity contribution in [2.45, 2.75) is 51.6 Å². The summed E-state index contributed by atoms with van der Waals surface area (Å²) in [4.78, 5) is 27.5. The predicted octanol–water partition coefficient (Wildman–Crippen LogP) is 1.17. The molecule has 0 aromatic heterocycles. The maximum Gasteiger partial charge on any atom is 0.249 e. The normalized spacial score (nSPS) is 37.2. The van der Waals surface area contributed by atoms with Crippen molar-refractivity contribution in [2.24, 2.45) is 17.8 Å². The third-order valence-electron chi connectivity index (χ3n) is 5.20. The highest BCUT2D eigenvalue weighted by Gasteiger charge is 2.55. The zero-order valence-electron chi connectivity index (χ0n) is 13.2. The summed E-state index contributed by atoms with van der Waals surface area (Å²) in [7, 11) is 0. The smallest absolute Gasteiger partial charge is 0.249 e. The molecule has 1 aliphatic carbocycles. The summed E-state index contributed by atoms with van der Waals surface area (Å²) in [6, 6.07) is -0.343. The molecule has 0 spiro atoms. The maximum absolute atomic E-state index is 13.0. The van der Waals surface area contributed by atoms with Crippen LogP contribution in [0.15, 0.2) is 0 Å².